The summed E-state index contributed by atoms with van der Waals surface area (Å²) in [5.74, 6) is -2.05. The van der Waals surface area contributed by atoms with Crippen LogP contribution in [0.3, 0.4) is 0 Å². The number of carboxylic acid groups (broad SMARTS) is 1. The van der Waals surface area contributed by atoms with Crippen LogP contribution in [0, 0.1) is 29.6 Å². The van der Waals surface area contributed by atoms with Crippen molar-refractivity contribution in [3.05, 3.63) is 0 Å². The van der Waals surface area contributed by atoms with Gasteiger partial charge in [-0.05, 0) is 43.9 Å². The standard InChI is InChI=1S/C35H64O6/c1-28(2)21-17-13-9-5-7-11-15-19-25-40-34(38)31-24-23-30(33(36)37)27-32(31)35(39)41-26-20-16-12-8-6-10-14-18-22-29(3)4/h28-32H,5-27H2,1-4H3,(H,36,37). The van der Waals surface area contributed by atoms with Gasteiger partial charge in [-0.3, -0.25) is 14.4 Å². The van der Waals surface area contributed by atoms with Crippen LogP contribution in [0.25, 0.3) is 0 Å². The average molecular weight is 581 g/mol. The van der Waals surface area contributed by atoms with Crippen molar-refractivity contribution in [2.24, 2.45) is 29.6 Å². The zero-order valence-electron chi connectivity index (χ0n) is 27.1. The van der Waals surface area contributed by atoms with Gasteiger partial charge >= 0.3 is 17.9 Å². The van der Waals surface area contributed by atoms with E-state index in [1.165, 1.54) is 77.0 Å². The van der Waals surface area contributed by atoms with Crippen LogP contribution in [-0.4, -0.2) is 36.2 Å². The molecule has 1 aliphatic rings. The zero-order valence-corrected chi connectivity index (χ0v) is 27.1. The van der Waals surface area contributed by atoms with Gasteiger partial charge in [0.15, 0.2) is 0 Å². The number of hydrogen-bond donors (Lipinski definition) is 1. The number of carboxylic acids is 1. The predicted molar refractivity (Wildman–Crippen MR) is 167 cm³/mol. The van der Waals surface area contributed by atoms with Gasteiger partial charge in [-0.15, -0.1) is 0 Å². The van der Waals surface area contributed by atoms with Crippen molar-refractivity contribution in [2.45, 2.75) is 163 Å². The van der Waals surface area contributed by atoms with Gasteiger partial charge in [0.1, 0.15) is 0 Å². The SMILES string of the molecule is CC(C)CCCCCCCCCCOC(=O)C1CCC(C(=O)O)CC1C(=O)OCCCCCCCCCCC(C)C. The van der Waals surface area contributed by atoms with E-state index in [0.717, 1.165) is 50.4 Å². The van der Waals surface area contributed by atoms with Crippen LogP contribution >= 0.6 is 0 Å². The highest BCUT2D eigenvalue weighted by Crippen LogP contribution is 2.36. The lowest BCUT2D eigenvalue weighted by Gasteiger charge is -2.31. The second-order valence-corrected chi connectivity index (χ2v) is 13.4. The molecule has 0 heterocycles. The molecular formula is C35H64O6. The van der Waals surface area contributed by atoms with E-state index in [9.17, 15) is 19.5 Å². The Morgan fingerprint density at radius 3 is 1.32 bits per heavy atom. The molecule has 0 spiro atoms. The Bertz CT molecular complexity index is 688. The molecule has 0 bridgehead atoms. The number of hydrogen-bond acceptors (Lipinski definition) is 5. The molecule has 0 aromatic carbocycles. The summed E-state index contributed by atoms with van der Waals surface area (Å²) in [6.45, 7) is 9.81. The fourth-order valence-corrected chi connectivity index (χ4v) is 5.93. The third-order valence-corrected chi connectivity index (χ3v) is 8.65. The molecule has 6 heteroatoms. The monoisotopic (exact) mass is 580 g/mol. The van der Waals surface area contributed by atoms with Gasteiger partial charge in [-0.25, -0.2) is 0 Å². The van der Waals surface area contributed by atoms with Gasteiger partial charge in [0.25, 0.3) is 0 Å². The zero-order chi connectivity index (χ0) is 30.3. The highest BCUT2D eigenvalue weighted by atomic mass is 16.5. The number of ether oxygens (including phenoxy) is 2. The average Bonchev–Trinajstić information content (AvgIpc) is 2.93. The summed E-state index contributed by atoms with van der Waals surface area (Å²) >= 11 is 0. The fourth-order valence-electron chi connectivity index (χ4n) is 5.93. The molecule has 1 fully saturated rings. The van der Waals surface area contributed by atoms with Crippen LogP contribution in [0.4, 0.5) is 0 Å². The molecule has 3 atom stereocenters. The quantitative estimate of drug-likeness (QED) is 0.0854. The fraction of sp³-hybridized carbons (Fsp3) is 0.914. The van der Waals surface area contributed by atoms with Gasteiger partial charge in [0.2, 0.25) is 0 Å². The minimum Gasteiger partial charge on any atom is -0.481 e. The molecule has 1 aliphatic carbocycles. The first-order chi connectivity index (χ1) is 19.7. The molecule has 0 saturated heterocycles. The summed E-state index contributed by atoms with van der Waals surface area (Å²) in [4.78, 5) is 37.4. The molecule has 3 unspecified atom stereocenters. The van der Waals surface area contributed by atoms with Gasteiger partial charge in [-0.2, -0.15) is 0 Å². The van der Waals surface area contributed by atoms with Crippen LogP contribution in [0.5, 0.6) is 0 Å². The second kappa shape index (κ2) is 23.9. The summed E-state index contributed by atoms with van der Waals surface area (Å²) in [7, 11) is 0. The summed E-state index contributed by atoms with van der Waals surface area (Å²) < 4.78 is 11.1. The smallest absolute Gasteiger partial charge is 0.309 e. The first kappa shape index (κ1) is 37.4. The molecule has 41 heavy (non-hydrogen) atoms. The Morgan fingerprint density at radius 1 is 0.561 bits per heavy atom. The van der Waals surface area contributed by atoms with E-state index in [1.807, 2.05) is 0 Å². The summed E-state index contributed by atoms with van der Waals surface area (Å²) in [5, 5.41) is 9.51. The van der Waals surface area contributed by atoms with E-state index in [4.69, 9.17) is 9.47 Å². The van der Waals surface area contributed by atoms with Crippen LogP contribution < -0.4 is 0 Å². The minimum absolute atomic E-state index is 0.155. The molecule has 0 aromatic rings. The van der Waals surface area contributed by atoms with E-state index < -0.39 is 29.7 Å². The van der Waals surface area contributed by atoms with Crippen LogP contribution in [0.15, 0.2) is 0 Å². The maximum atomic E-state index is 12.9. The molecule has 1 saturated carbocycles. The maximum Gasteiger partial charge on any atom is 0.309 e. The number of carbonyl (C=O) groups is 3. The second-order valence-electron chi connectivity index (χ2n) is 13.4. The van der Waals surface area contributed by atoms with Gasteiger partial charge in [0.05, 0.1) is 31.0 Å². The normalized spacial score (nSPS) is 19.0. The lowest BCUT2D eigenvalue weighted by Crippen LogP contribution is -2.39. The lowest BCUT2D eigenvalue weighted by molar-refractivity contribution is -0.166. The largest absolute Gasteiger partial charge is 0.481 e. The van der Waals surface area contributed by atoms with Crippen molar-refractivity contribution in [1.82, 2.24) is 0 Å². The molecule has 0 amide bonds. The predicted octanol–water partition coefficient (Wildman–Crippen LogP) is 9.52. The molecule has 240 valence electrons. The molecular weight excluding hydrogens is 516 g/mol. The van der Waals surface area contributed by atoms with Gasteiger partial charge in [-0.1, -0.05) is 130 Å². The van der Waals surface area contributed by atoms with E-state index in [-0.39, 0.29) is 12.4 Å². The molecule has 0 aliphatic heterocycles. The van der Waals surface area contributed by atoms with Crippen molar-refractivity contribution in [1.29, 1.82) is 0 Å². The highest BCUT2D eigenvalue weighted by Gasteiger charge is 2.43. The van der Waals surface area contributed by atoms with Crippen molar-refractivity contribution in [2.75, 3.05) is 13.2 Å². The van der Waals surface area contributed by atoms with Gasteiger partial charge < -0.3 is 14.6 Å². The number of esters is 2. The topological polar surface area (TPSA) is 89.9 Å². The van der Waals surface area contributed by atoms with E-state index >= 15 is 0 Å². The summed E-state index contributed by atoms with van der Waals surface area (Å²) in [5.41, 5.74) is 0. The maximum absolute atomic E-state index is 12.9. The first-order valence-electron chi connectivity index (χ1n) is 17.3. The number of aliphatic carboxylic acids is 1. The van der Waals surface area contributed by atoms with Crippen molar-refractivity contribution in [3.8, 4) is 0 Å². The molecule has 0 aromatic heterocycles. The Kier molecular flexibility index (Phi) is 21.8. The Hall–Kier alpha value is -1.59. The molecule has 1 rings (SSSR count). The molecule has 6 nitrogen and oxygen atoms in total. The van der Waals surface area contributed by atoms with Crippen molar-refractivity contribution < 1.29 is 29.0 Å². The Morgan fingerprint density at radius 2 is 0.927 bits per heavy atom. The number of carbonyl (C=O) groups excluding carboxylic acids is 2. The summed E-state index contributed by atoms with van der Waals surface area (Å²) in [6.07, 6.45) is 22.4. The van der Waals surface area contributed by atoms with E-state index in [1.54, 1.807) is 0 Å². The lowest BCUT2D eigenvalue weighted by atomic mass is 9.74. The van der Waals surface area contributed by atoms with Crippen molar-refractivity contribution in [3.63, 3.8) is 0 Å². The first-order valence-corrected chi connectivity index (χ1v) is 17.3. The number of unbranched alkanes of at least 4 members (excludes halogenated alkanes) is 14. The highest BCUT2D eigenvalue weighted by molar-refractivity contribution is 5.83. The van der Waals surface area contributed by atoms with Crippen molar-refractivity contribution >= 4 is 17.9 Å². The Labute approximate surface area is 252 Å². The minimum atomic E-state index is -0.904. The van der Waals surface area contributed by atoms with Gasteiger partial charge in [0, 0.05) is 0 Å². The third kappa shape index (κ3) is 19.3. The van der Waals surface area contributed by atoms with Crippen LogP contribution in [0.2, 0.25) is 0 Å². The number of rotatable bonds is 25. The van der Waals surface area contributed by atoms with Crippen LogP contribution in [-0.2, 0) is 23.9 Å². The molecule has 0 radical (unpaired) electrons. The third-order valence-electron chi connectivity index (χ3n) is 8.65. The van der Waals surface area contributed by atoms with E-state index in [0.29, 0.717) is 26.1 Å². The molecule has 1 N–H and O–H groups in total. The summed E-state index contributed by atoms with van der Waals surface area (Å²) in [6, 6.07) is 0. The van der Waals surface area contributed by atoms with E-state index in [2.05, 4.69) is 27.7 Å². The van der Waals surface area contributed by atoms with Crippen LogP contribution in [0.1, 0.15) is 163 Å². The Balaban J connectivity index is 2.25.